The molecule has 0 aliphatic rings. The summed E-state index contributed by atoms with van der Waals surface area (Å²) >= 11 is 1.79. The lowest BCUT2D eigenvalue weighted by atomic mass is 10.0. The predicted octanol–water partition coefficient (Wildman–Crippen LogP) is 12.8. The van der Waals surface area contributed by atoms with Gasteiger partial charge in [0, 0.05) is 70.3 Å². The van der Waals surface area contributed by atoms with Crippen LogP contribution < -0.4 is 0 Å². The molecule has 0 radical (unpaired) electrons. The van der Waals surface area contributed by atoms with Crippen LogP contribution in [0, 0.1) is 0 Å². The second-order valence-electron chi connectivity index (χ2n) is 13.8. The summed E-state index contributed by atoms with van der Waals surface area (Å²) in [7, 11) is 0. The van der Waals surface area contributed by atoms with Crippen LogP contribution in [0.25, 0.3) is 115 Å². The van der Waals surface area contributed by atoms with E-state index in [1.54, 1.807) is 17.5 Å². The molecule has 0 atom stereocenters. The Balaban J connectivity index is 1.13. The average molecular weight is 722 g/mol. The van der Waals surface area contributed by atoms with Crippen molar-refractivity contribution in [1.29, 1.82) is 0 Å². The zero-order valence-corrected chi connectivity index (χ0v) is 30.0. The minimum atomic E-state index is 0.572. The monoisotopic (exact) mass is 721 g/mol. The highest BCUT2D eigenvalue weighted by Gasteiger charge is 2.21. The van der Waals surface area contributed by atoms with E-state index < -0.39 is 0 Å². The summed E-state index contributed by atoms with van der Waals surface area (Å²) in [5, 5.41) is 9.11. The van der Waals surface area contributed by atoms with Crippen molar-refractivity contribution in [2.45, 2.75) is 0 Å². The highest BCUT2D eigenvalue weighted by atomic mass is 32.1. The van der Waals surface area contributed by atoms with Gasteiger partial charge in [0.2, 0.25) is 5.71 Å². The Morgan fingerprint density at radius 1 is 0.473 bits per heavy atom. The molecule has 6 nitrogen and oxygen atoms in total. The first-order valence-electron chi connectivity index (χ1n) is 18.2. The van der Waals surface area contributed by atoms with Crippen LogP contribution in [0.2, 0.25) is 0 Å². The van der Waals surface area contributed by atoms with Crippen LogP contribution in [-0.2, 0) is 0 Å². The zero-order valence-electron chi connectivity index (χ0n) is 29.1. The first-order chi connectivity index (χ1) is 27.3. The number of rotatable bonds is 4. The van der Waals surface area contributed by atoms with E-state index in [2.05, 4.69) is 143 Å². The van der Waals surface area contributed by atoms with Gasteiger partial charge >= 0.3 is 0 Å². The number of nitrogens with zero attached hydrogens (tertiary/aromatic N) is 5. The maximum atomic E-state index is 6.21. The molecule has 5 heterocycles. The molecule has 0 bridgehead atoms. The molecule has 0 N–H and O–H groups in total. The summed E-state index contributed by atoms with van der Waals surface area (Å²) in [5.41, 5.74) is 7.37. The topological polar surface area (TPSA) is 69.6 Å². The summed E-state index contributed by atoms with van der Waals surface area (Å²) in [6, 6.07) is 55.2. The first kappa shape index (κ1) is 30.3. The summed E-state index contributed by atoms with van der Waals surface area (Å²) in [6.07, 6.45) is 1.75. The number of furan rings is 1. The third kappa shape index (κ3) is 4.54. The van der Waals surface area contributed by atoms with Crippen molar-refractivity contribution >= 4 is 86.2 Å². The Kier molecular flexibility index (Phi) is 6.40. The molecule has 0 saturated carbocycles. The number of hydrogen-bond acceptors (Lipinski definition) is 6. The highest BCUT2D eigenvalue weighted by Crippen LogP contribution is 2.42. The molecule has 0 saturated heterocycles. The van der Waals surface area contributed by atoms with Gasteiger partial charge in [0.1, 0.15) is 5.58 Å². The molecule has 0 fully saturated rings. The molecule has 0 aliphatic carbocycles. The molecule has 0 spiro atoms. The van der Waals surface area contributed by atoms with Crippen molar-refractivity contribution in [3.8, 4) is 39.9 Å². The van der Waals surface area contributed by atoms with Gasteiger partial charge in [-0.05, 0) is 65.4 Å². The van der Waals surface area contributed by atoms with Gasteiger partial charge in [0.25, 0.3) is 0 Å². The van der Waals surface area contributed by atoms with Crippen molar-refractivity contribution in [3.63, 3.8) is 0 Å². The minimum absolute atomic E-state index is 0.572. The lowest BCUT2D eigenvalue weighted by Gasteiger charge is -2.12. The lowest BCUT2D eigenvalue weighted by molar-refractivity contribution is 0.654. The van der Waals surface area contributed by atoms with Crippen LogP contribution in [0.5, 0.6) is 0 Å². The summed E-state index contributed by atoms with van der Waals surface area (Å²) < 4.78 is 11.0. The van der Waals surface area contributed by atoms with Crippen molar-refractivity contribution < 1.29 is 4.42 Å². The van der Waals surface area contributed by atoms with Gasteiger partial charge in [-0.25, -0.2) is 19.9 Å². The number of benzene rings is 7. The van der Waals surface area contributed by atoms with Crippen LogP contribution in [0.3, 0.4) is 0 Å². The van der Waals surface area contributed by atoms with Gasteiger partial charge in [-0.2, -0.15) is 0 Å². The Bertz CT molecular complexity index is 3390. The van der Waals surface area contributed by atoms with Crippen LogP contribution in [-0.4, -0.2) is 24.5 Å². The van der Waals surface area contributed by atoms with Crippen molar-refractivity contribution in [2.75, 3.05) is 0 Å². The van der Waals surface area contributed by atoms with E-state index in [0.717, 1.165) is 55.2 Å². The maximum Gasteiger partial charge on any atom is 0.227 e. The van der Waals surface area contributed by atoms with E-state index in [1.807, 2.05) is 24.3 Å². The highest BCUT2D eigenvalue weighted by molar-refractivity contribution is 7.25. The first-order valence-corrected chi connectivity index (χ1v) is 19.0. The van der Waals surface area contributed by atoms with Crippen molar-refractivity contribution in [1.82, 2.24) is 24.5 Å². The number of aromatic nitrogens is 5. The molecule has 256 valence electrons. The van der Waals surface area contributed by atoms with Crippen molar-refractivity contribution in [3.05, 3.63) is 164 Å². The molecule has 0 unspecified atom stereocenters. The molecule has 0 aliphatic heterocycles. The minimum Gasteiger partial charge on any atom is -0.438 e. The van der Waals surface area contributed by atoms with Crippen LogP contribution in [0.4, 0.5) is 0 Å². The van der Waals surface area contributed by atoms with E-state index in [4.69, 9.17) is 19.4 Å². The number of fused-ring (bicyclic) bond motifs is 11. The van der Waals surface area contributed by atoms with Crippen molar-refractivity contribution in [2.24, 2.45) is 0 Å². The third-order valence-corrected chi connectivity index (χ3v) is 11.9. The van der Waals surface area contributed by atoms with Gasteiger partial charge < -0.3 is 8.98 Å². The quantitative estimate of drug-likeness (QED) is 0.181. The fraction of sp³-hybridized carbons (Fsp3) is 0. The molecule has 12 aromatic rings. The maximum absolute atomic E-state index is 6.21. The summed E-state index contributed by atoms with van der Waals surface area (Å²) in [6.45, 7) is 0. The lowest BCUT2D eigenvalue weighted by Crippen LogP contribution is -2.01. The van der Waals surface area contributed by atoms with Crippen LogP contribution in [0.15, 0.2) is 168 Å². The molecule has 7 aromatic carbocycles. The number of hydrogen-bond donors (Lipinski definition) is 0. The van der Waals surface area contributed by atoms with E-state index in [9.17, 15) is 0 Å². The fourth-order valence-corrected chi connectivity index (χ4v) is 9.49. The number of thiophene rings is 1. The van der Waals surface area contributed by atoms with Crippen LogP contribution >= 0.6 is 11.3 Å². The third-order valence-electron chi connectivity index (χ3n) is 10.7. The van der Waals surface area contributed by atoms with Gasteiger partial charge in [-0.15, -0.1) is 11.3 Å². The van der Waals surface area contributed by atoms with Gasteiger partial charge in [0.15, 0.2) is 17.5 Å². The number of pyridine rings is 1. The number of para-hydroxylation sites is 1. The fourth-order valence-electron chi connectivity index (χ4n) is 8.36. The average Bonchev–Trinajstić information content (AvgIpc) is 3.93. The summed E-state index contributed by atoms with van der Waals surface area (Å²) in [4.78, 5) is 20.3. The largest absolute Gasteiger partial charge is 0.438 e. The second-order valence-corrected chi connectivity index (χ2v) is 14.9. The van der Waals surface area contributed by atoms with Gasteiger partial charge in [0.05, 0.1) is 11.0 Å². The standard InChI is InChI=1S/C48H27N5OS/c1-2-14-31-28(11-1)24-25-38-42(31)32-15-3-5-20-37(32)53(38)30-13-7-12-29(27-30)45-50-46(34-17-8-21-39-43(34)36-19-10-26-49-48(36)54-39)52-47(51-45)35-18-9-23-41-44(35)33-16-4-6-22-40(33)55-41/h1-27H. The predicted molar refractivity (Wildman–Crippen MR) is 226 cm³/mol. The summed E-state index contributed by atoms with van der Waals surface area (Å²) in [5.74, 6) is 1.78. The molecule has 5 aromatic heterocycles. The molecular formula is C48H27N5OS. The zero-order chi connectivity index (χ0) is 36.0. The van der Waals surface area contributed by atoms with Gasteiger partial charge in [-0.3, -0.25) is 0 Å². The van der Waals surface area contributed by atoms with E-state index in [0.29, 0.717) is 23.2 Å². The Labute approximate surface area is 317 Å². The molecule has 55 heavy (non-hydrogen) atoms. The van der Waals surface area contributed by atoms with E-state index >= 15 is 0 Å². The second kappa shape index (κ2) is 11.6. The van der Waals surface area contributed by atoms with Crippen LogP contribution in [0.1, 0.15) is 0 Å². The van der Waals surface area contributed by atoms with Gasteiger partial charge in [-0.1, -0.05) is 103 Å². The molecular weight excluding hydrogens is 695 g/mol. The van der Waals surface area contributed by atoms with E-state index in [1.165, 1.54) is 36.3 Å². The molecule has 12 rings (SSSR count). The smallest absolute Gasteiger partial charge is 0.227 e. The van der Waals surface area contributed by atoms with E-state index in [-0.39, 0.29) is 0 Å². The molecule has 7 heteroatoms. The Morgan fingerprint density at radius 3 is 2.09 bits per heavy atom. The Morgan fingerprint density at radius 2 is 1.18 bits per heavy atom. The normalized spacial score (nSPS) is 12.0. The Hall–Kier alpha value is -7.22. The molecule has 0 amide bonds. The SMILES string of the molecule is c1cc(-c2nc(-c3cccc4oc5ncccc5c34)nc(-c3cccc4sc5ccccc5c34)n2)cc(-n2c3ccccc3c3c4ccccc4ccc32)c1.